The number of aromatic nitrogens is 2. The quantitative estimate of drug-likeness (QED) is 0.769. The van der Waals surface area contributed by atoms with Crippen molar-refractivity contribution in [2.24, 2.45) is 0 Å². The maximum absolute atomic E-state index is 5.55. The summed E-state index contributed by atoms with van der Waals surface area (Å²) in [6.07, 6.45) is 0. The Kier molecular flexibility index (Phi) is 3.41. The van der Waals surface area contributed by atoms with E-state index in [2.05, 4.69) is 10.2 Å². The molecule has 0 atom stereocenters. The Labute approximate surface area is 98.2 Å². The highest BCUT2D eigenvalue weighted by atomic mass is 35.5. The van der Waals surface area contributed by atoms with E-state index >= 15 is 0 Å². The van der Waals surface area contributed by atoms with E-state index in [0.29, 0.717) is 11.8 Å². The lowest BCUT2D eigenvalue weighted by molar-refractivity contribution is 0.258. The second kappa shape index (κ2) is 4.99. The zero-order valence-electron chi connectivity index (χ0n) is 8.81. The van der Waals surface area contributed by atoms with Crippen LogP contribution < -0.4 is 4.74 Å². The van der Waals surface area contributed by atoms with Gasteiger partial charge < -0.3 is 9.15 Å². The average molecular weight is 239 g/mol. The summed E-state index contributed by atoms with van der Waals surface area (Å²) >= 11 is 5.55. The van der Waals surface area contributed by atoms with Gasteiger partial charge in [0.15, 0.2) is 6.61 Å². The van der Waals surface area contributed by atoms with Gasteiger partial charge in [0.25, 0.3) is 5.89 Å². The second-order valence-corrected chi connectivity index (χ2v) is 3.54. The van der Waals surface area contributed by atoms with Crippen LogP contribution in [-0.2, 0) is 12.5 Å². The van der Waals surface area contributed by atoms with Gasteiger partial charge in [-0.25, -0.2) is 0 Å². The van der Waals surface area contributed by atoms with Crippen molar-refractivity contribution in [1.29, 1.82) is 0 Å². The largest absolute Gasteiger partial charge is 0.484 e. The second-order valence-electron chi connectivity index (χ2n) is 3.28. The Morgan fingerprint density at radius 2 is 2.00 bits per heavy atom. The van der Waals surface area contributed by atoms with Gasteiger partial charge in [-0.1, -0.05) is 18.2 Å². The summed E-state index contributed by atoms with van der Waals surface area (Å²) in [5.74, 6) is 1.87. The molecule has 0 N–H and O–H groups in total. The number of hydrogen-bond acceptors (Lipinski definition) is 4. The average Bonchev–Trinajstić information content (AvgIpc) is 2.76. The molecule has 2 aromatic rings. The summed E-state index contributed by atoms with van der Waals surface area (Å²) in [4.78, 5) is 0. The molecule has 16 heavy (non-hydrogen) atoms. The molecule has 1 heterocycles. The third kappa shape index (κ3) is 2.52. The molecule has 0 aliphatic rings. The Morgan fingerprint density at radius 3 is 2.69 bits per heavy atom. The van der Waals surface area contributed by atoms with Gasteiger partial charge in [0.05, 0.1) is 0 Å². The summed E-state index contributed by atoms with van der Waals surface area (Å²) in [6, 6.07) is 7.75. The summed E-state index contributed by atoms with van der Waals surface area (Å²) in [5, 5.41) is 7.55. The van der Waals surface area contributed by atoms with Crippen molar-refractivity contribution < 1.29 is 9.15 Å². The van der Waals surface area contributed by atoms with E-state index in [1.807, 2.05) is 31.2 Å². The van der Waals surface area contributed by atoms with Crippen LogP contribution in [0.3, 0.4) is 0 Å². The first-order valence-corrected chi connectivity index (χ1v) is 5.38. The van der Waals surface area contributed by atoms with Crippen LogP contribution in [0.15, 0.2) is 28.7 Å². The summed E-state index contributed by atoms with van der Waals surface area (Å²) in [6.45, 7) is 2.24. The number of rotatable bonds is 4. The van der Waals surface area contributed by atoms with Crippen molar-refractivity contribution in [2.45, 2.75) is 19.4 Å². The Hall–Kier alpha value is -1.55. The molecule has 0 radical (unpaired) electrons. The fourth-order valence-corrected chi connectivity index (χ4v) is 1.37. The summed E-state index contributed by atoms with van der Waals surface area (Å²) < 4.78 is 10.8. The lowest BCUT2D eigenvalue weighted by Crippen LogP contribution is -1.97. The number of halogens is 1. The Morgan fingerprint density at radius 1 is 1.25 bits per heavy atom. The van der Waals surface area contributed by atoms with E-state index in [1.165, 1.54) is 0 Å². The molecule has 0 aliphatic heterocycles. The number of para-hydroxylation sites is 1. The number of aryl methyl sites for hydroxylation is 1. The standard InChI is InChI=1S/C11H11ClN2O2/c1-8-4-2-3-5-9(8)15-7-11-14-13-10(6-12)16-11/h2-5H,6-7H2,1H3. The van der Waals surface area contributed by atoms with E-state index in [9.17, 15) is 0 Å². The van der Waals surface area contributed by atoms with Crippen LogP contribution in [0.1, 0.15) is 17.3 Å². The van der Waals surface area contributed by atoms with Gasteiger partial charge in [-0.05, 0) is 18.6 Å². The molecule has 84 valence electrons. The minimum atomic E-state index is 0.220. The molecule has 0 saturated carbocycles. The first kappa shape index (κ1) is 11.0. The lowest BCUT2D eigenvalue weighted by Gasteiger charge is -2.05. The SMILES string of the molecule is Cc1ccccc1OCc1nnc(CCl)o1. The molecule has 1 aromatic carbocycles. The predicted octanol–water partition coefficient (Wildman–Crippen LogP) is 2.70. The van der Waals surface area contributed by atoms with Gasteiger partial charge in [-0.3, -0.25) is 0 Å². The van der Waals surface area contributed by atoms with E-state index in [1.54, 1.807) is 0 Å². The fraction of sp³-hybridized carbons (Fsp3) is 0.273. The monoisotopic (exact) mass is 238 g/mol. The van der Waals surface area contributed by atoms with Gasteiger partial charge in [0.2, 0.25) is 5.89 Å². The zero-order valence-corrected chi connectivity index (χ0v) is 9.57. The molecule has 4 nitrogen and oxygen atoms in total. The molecule has 0 aliphatic carbocycles. The van der Waals surface area contributed by atoms with Gasteiger partial charge in [-0.15, -0.1) is 21.8 Å². The number of ether oxygens (including phenoxy) is 1. The van der Waals surface area contributed by atoms with Crippen molar-refractivity contribution in [3.05, 3.63) is 41.6 Å². The fourth-order valence-electron chi connectivity index (χ4n) is 1.26. The number of nitrogens with zero attached hydrogens (tertiary/aromatic N) is 2. The molecule has 0 saturated heterocycles. The van der Waals surface area contributed by atoms with Crippen LogP contribution in [-0.4, -0.2) is 10.2 Å². The van der Waals surface area contributed by atoms with Crippen molar-refractivity contribution in [1.82, 2.24) is 10.2 Å². The van der Waals surface area contributed by atoms with Gasteiger partial charge in [0, 0.05) is 0 Å². The molecule has 0 amide bonds. The van der Waals surface area contributed by atoms with Crippen LogP contribution in [0.25, 0.3) is 0 Å². The lowest BCUT2D eigenvalue weighted by atomic mass is 10.2. The van der Waals surface area contributed by atoms with Gasteiger partial charge in [-0.2, -0.15) is 0 Å². The van der Waals surface area contributed by atoms with E-state index < -0.39 is 0 Å². The molecule has 5 heteroatoms. The molecule has 1 aromatic heterocycles. The highest BCUT2D eigenvalue weighted by Crippen LogP contribution is 2.17. The molecule has 0 spiro atoms. The van der Waals surface area contributed by atoms with Crippen molar-refractivity contribution >= 4 is 11.6 Å². The first-order valence-electron chi connectivity index (χ1n) is 4.85. The Balaban J connectivity index is 1.99. The maximum atomic E-state index is 5.55. The molecule has 0 unspecified atom stereocenters. The van der Waals surface area contributed by atoms with Gasteiger partial charge in [0.1, 0.15) is 11.6 Å². The Bertz CT molecular complexity index is 471. The van der Waals surface area contributed by atoms with E-state index in [0.717, 1.165) is 11.3 Å². The van der Waals surface area contributed by atoms with Crippen molar-refractivity contribution in [3.8, 4) is 5.75 Å². The van der Waals surface area contributed by atoms with Gasteiger partial charge >= 0.3 is 0 Å². The predicted molar refractivity (Wildman–Crippen MR) is 59.4 cm³/mol. The minimum Gasteiger partial charge on any atom is -0.484 e. The maximum Gasteiger partial charge on any atom is 0.253 e. The van der Waals surface area contributed by atoms with Crippen LogP contribution in [0.5, 0.6) is 5.75 Å². The third-order valence-corrected chi connectivity index (χ3v) is 2.30. The topological polar surface area (TPSA) is 48.2 Å². The number of alkyl halides is 1. The van der Waals surface area contributed by atoms with Crippen LogP contribution in [0, 0.1) is 6.92 Å². The number of benzene rings is 1. The third-order valence-electron chi connectivity index (χ3n) is 2.07. The van der Waals surface area contributed by atoms with Crippen LogP contribution in [0.2, 0.25) is 0 Å². The van der Waals surface area contributed by atoms with E-state index in [-0.39, 0.29) is 12.5 Å². The smallest absolute Gasteiger partial charge is 0.253 e. The molecular weight excluding hydrogens is 228 g/mol. The minimum absolute atomic E-state index is 0.220. The van der Waals surface area contributed by atoms with Crippen LogP contribution in [0.4, 0.5) is 0 Å². The number of hydrogen-bond donors (Lipinski definition) is 0. The highest BCUT2D eigenvalue weighted by molar-refractivity contribution is 6.16. The molecule has 0 fully saturated rings. The normalized spacial score (nSPS) is 10.4. The van der Waals surface area contributed by atoms with Crippen LogP contribution >= 0.6 is 11.6 Å². The molecule has 0 bridgehead atoms. The highest BCUT2D eigenvalue weighted by Gasteiger charge is 2.06. The zero-order chi connectivity index (χ0) is 11.4. The van der Waals surface area contributed by atoms with E-state index in [4.69, 9.17) is 20.8 Å². The van der Waals surface area contributed by atoms with Crippen molar-refractivity contribution in [2.75, 3.05) is 0 Å². The van der Waals surface area contributed by atoms with Crippen molar-refractivity contribution in [3.63, 3.8) is 0 Å². The molecule has 2 rings (SSSR count). The first-order chi connectivity index (χ1) is 7.79. The summed E-state index contributed by atoms with van der Waals surface area (Å²) in [5.41, 5.74) is 1.07. The molecular formula is C11H11ClN2O2. The summed E-state index contributed by atoms with van der Waals surface area (Å²) in [7, 11) is 0.